The highest BCUT2D eigenvalue weighted by Crippen LogP contribution is 2.29. The first-order valence-corrected chi connectivity index (χ1v) is 8.22. The van der Waals surface area contributed by atoms with Crippen molar-refractivity contribution in [3.8, 4) is 0 Å². The minimum absolute atomic E-state index is 1.29. The van der Waals surface area contributed by atoms with E-state index in [1.807, 2.05) is 0 Å². The lowest BCUT2D eigenvalue weighted by atomic mass is 10.1. The van der Waals surface area contributed by atoms with Gasteiger partial charge in [-0.05, 0) is 17.5 Å². The van der Waals surface area contributed by atoms with Gasteiger partial charge in [0.25, 0.3) is 0 Å². The van der Waals surface area contributed by atoms with E-state index < -0.39 is 14.9 Å². The van der Waals surface area contributed by atoms with Crippen molar-refractivity contribution in [2.45, 2.75) is 0 Å². The first kappa shape index (κ1) is 17.8. The molecule has 0 unspecified atom stereocenters. The van der Waals surface area contributed by atoms with Gasteiger partial charge >= 0.3 is 14.9 Å². The number of nitrogens with zero attached hydrogens (tertiary/aromatic N) is 1. The number of quaternary nitrogens is 1. The van der Waals surface area contributed by atoms with Gasteiger partial charge in [-0.25, -0.2) is 0 Å². The third kappa shape index (κ3) is 5.54. The Morgan fingerprint density at radius 3 is 1.81 bits per heavy atom. The van der Waals surface area contributed by atoms with Crippen LogP contribution in [-0.2, 0) is 0 Å². The van der Waals surface area contributed by atoms with Crippen LogP contribution in [0.1, 0.15) is 0 Å². The van der Waals surface area contributed by atoms with E-state index in [1.54, 1.807) is 0 Å². The van der Waals surface area contributed by atoms with E-state index in [4.69, 9.17) is 0 Å². The van der Waals surface area contributed by atoms with Crippen LogP contribution in [0, 0.1) is 0 Å². The zero-order valence-corrected chi connectivity index (χ0v) is 13.7. The van der Waals surface area contributed by atoms with Crippen molar-refractivity contribution in [3.63, 3.8) is 0 Å². The van der Waals surface area contributed by atoms with Gasteiger partial charge in [0.15, 0.2) is 0 Å². The van der Waals surface area contributed by atoms with E-state index in [1.165, 1.54) is 27.0 Å². The third-order valence-electron chi connectivity index (χ3n) is 2.90. The molecule has 0 heterocycles. The molecule has 0 radical (unpaired) electrons. The standard InChI is InChI=1S/C14H18N2.Al.4FH/c1-15(2)12-9-5-7-11-8-6-10-13(14(11)12)16(3)4;;;;;/h5-10H,1-4H3;;4*1H/q;+3;;;;/p-3. The molecule has 0 saturated heterocycles. The number of hydrogen-bond donors (Lipinski definition) is 1. The van der Waals surface area contributed by atoms with E-state index in [9.17, 15) is 14.1 Å². The summed E-state index contributed by atoms with van der Waals surface area (Å²) in [6.45, 7) is 0. The highest BCUT2D eigenvalue weighted by Gasteiger charge is 2.41. The van der Waals surface area contributed by atoms with E-state index in [0.717, 1.165) is 0 Å². The zero-order valence-electron chi connectivity index (χ0n) is 12.5. The molecular weight excluding hydrogens is 299 g/mol. The molecule has 2 rings (SSSR count). The van der Waals surface area contributed by atoms with Gasteiger partial charge in [0.1, 0.15) is 5.69 Å². The van der Waals surface area contributed by atoms with Crippen LogP contribution >= 0.6 is 0 Å². The molecule has 0 fully saturated rings. The number of fused-ring (bicyclic) bond motifs is 1. The predicted octanol–water partition coefficient (Wildman–Crippen LogP) is 2.98. The molecule has 2 aromatic carbocycles. The summed E-state index contributed by atoms with van der Waals surface area (Å²) >= 11 is -6.83. The average Bonchev–Trinajstić information content (AvgIpc) is 2.35. The number of nitrogens with one attached hydrogen (secondary N) is 1. The van der Waals surface area contributed by atoms with Crippen molar-refractivity contribution in [3.05, 3.63) is 36.4 Å². The van der Waals surface area contributed by atoms with Crippen LogP contribution in [0.3, 0.4) is 0 Å². The smallest absolute Gasteiger partial charge is 0.510 e. The monoisotopic (exact) mass is 318 g/mol. The summed E-state index contributed by atoms with van der Waals surface area (Å²) in [4.78, 5) is 3.54. The molecule has 0 atom stereocenters. The third-order valence-corrected chi connectivity index (χ3v) is 2.90. The van der Waals surface area contributed by atoms with Crippen LogP contribution in [0.15, 0.2) is 36.4 Å². The van der Waals surface area contributed by atoms with Gasteiger partial charge in [-0.1, -0.05) is 24.3 Å². The van der Waals surface area contributed by atoms with Crippen molar-refractivity contribution in [1.29, 1.82) is 0 Å². The molecule has 116 valence electrons. The van der Waals surface area contributed by atoms with Crippen molar-refractivity contribution in [1.82, 2.24) is 0 Å². The minimum Gasteiger partial charge on any atom is -0.510 e. The lowest BCUT2D eigenvalue weighted by molar-refractivity contribution is -0.785. The Balaban J connectivity index is 0.000000383. The Bertz CT molecular complexity index is 548. The minimum atomic E-state index is -6.83. The molecule has 2 nitrogen and oxygen atoms in total. The van der Waals surface area contributed by atoms with Gasteiger partial charge in [-0.3, -0.25) is 0 Å². The maximum atomic E-state index is 9.85. The highest BCUT2D eigenvalue weighted by molar-refractivity contribution is 6.50. The molecule has 7 heteroatoms. The van der Waals surface area contributed by atoms with Crippen LogP contribution in [0.4, 0.5) is 25.5 Å². The molecule has 0 aromatic heterocycles. The first-order chi connectivity index (χ1) is 9.61. The summed E-state index contributed by atoms with van der Waals surface area (Å²) in [5, 5.41) is 2.67. The Morgan fingerprint density at radius 1 is 0.905 bits per heavy atom. The van der Waals surface area contributed by atoms with Gasteiger partial charge in [0.05, 0.1) is 25.2 Å². The van der Waals surface area contributed by atoms with Gasteiger partial charge < -0.3 is 23.9 Å². The second-order valence-corrected chi connectivity index (χ2v) is 6.06. The van der Waals surface area contributed by atoms with Crippen LogP contribution in [0.5, 0.6) is 0 Å². The van der Waals surface area contributed by atoms with E-state index in [0.29, 0.717) is 0 Å². The number of anilines is 1. The molecule has 0 spiro atoms. The molecule has 0 aliphatic carbocycles. The fraction of sp³-hybridized carbons (Fsp3) is 0.286. The molecule has 0 aliphatic heterocycles. The zero-order chi connectivity index (χ0) is 16.2. The van der Waals surface area contributed by atoms with Crippen molar-refractivity contribution < 1.29 is 19.0 Å². The van der Waals surface area contributed by atoms with Crippen LogP contribution in [-0.4, -0.2) is 43.1 Å². The second-order valence-electron chi connectivity index (χ2n) is 5.07. The van der Waals surface area contributed by atoms with E-state index >= 15 is 0 Å². The normalized spacial score (nSPS) is 11.3. The van der Waals surface area contributed by atoms with Crippen LogP contribution in [0.2, 0.25) is 0 Å². The van der Waals surface area contributed by atoms with E-state index in [-0.39, 0.29) is 0 Å². The Hall–Kier alpha value is -1.29. The molecule has 2 aromatic rings. The first-order valence-electron chi connectivity index (χ1n) is 6.48. The summed E-state index contributed by atoms with van der Waals surface area (Å²) in [5.74, 6) is 0. The molecular formula is C14H19AlF4N2. The quantitative estimate of drug-likeness (QED) is 0.661. The van der Waals surface area contributed by atoms with Gasteiger partial charge in [0.2, 0.25) is 0 Å². The number of halogens is 4. The van der Waals surface area contributed by atoms with Crippen molar-refractivity contribution in [2.75, 3.05) is 33.1 Å². The lowest BCUT2D eigenvalue weighted by Gasteiger charge is -2.18. The molecule has 0 bridgehead atoms. The summed E-state index contributed by atoms with van der Waals surface area (Å²) in [6, 6.07) is 13.0. The van der Waals surface area contributed by atoms with Crippen LogP contribution in [0.25, 0.3) is 10.8 Å². The average molecular weight is 318 g/mol. The molecule has 0 amide bonds. The number of rotatable bonds is 2. The highest BCUT2D eigenvalue weighted by atomic mass is 27.5. The Morgan fingerprint density at radius 2 is 1.38 bits per heavy atom. The second kappa shape index (κ2) is 7.12. The van der Waals surface area contributed by atoms with Crippen molar-refractivity contribution in [2.24, 2.45) is 0 Å². The van der Waals surface area contributed by atoms with Gasteiger partial charge in [0, 0.05) is 14.1 Å². The summed E-state index contributed by atoms with van der Waals surface area (Å²) in [7, 11) is 8.52. The number of benzene rings is 2. The Labute approximate surface area is 126 Å². The molecule has 0 saturated carbocycles. The molecule has 1 N–H and O–H groups in total. The number of hydrogen-bond acceptors (Lipinski definition) is 1. The fourth-order valence-electron chi connectivity index (χ4n) is 2.11. The summed E-state index contributed by atoms with van der Waals surface area (Å²) in [5.41, 5.74) is 2.64. The maximum Gasteiger partial charge on any atom is 1.04 e. The SMILES string of the molecule is CN(C)c1cccc2cccc([NH+](C)C)c12.[F][Al-]([F])([F])[F]. The maximum absolute atomic E-state index is 9.85. The lowest BCUT2D eigenvalue weighted by Crippen LogP contribution is -3.00. The van der Waals surface area contributed by atoms with Crippen LogP contribution < -0.4 is 9.80 Å². The molecule has 0 aliphatic rings. The Kier molecular flexibility index (Phi) is 6.02. The predicted molar refractivity (Wildman–Crippen MR) is 80.9 cm³/mol. The largest absolute Gasteiger partial charge is 1.04 e. The topological polar surface area (TPSA) is 7.68 Å². The summed E-state index contributed by atoms with van der Waals surface area (Å²) < 4.78 is 39.4. The van der Waals surface area contributed by atoms with Gasteiger partial charge in [-0.2, -0.15) is 0 Å². The van der Waals surface area contributed by atoms with Crippen molar-refractivity contribution >= 4 is 37.1 Å². The molecule has 21 heavy (non-hydrogen) atoms. The fourth-order valence-corrected chi connectivity index (χ4v) is 2.11. The van der Waals surface area contributed by atoms with Gasteiger partial charge in [-0.15, -0.1) is 0 Å². The summed E-state index contributed by atoms with van der Waals surface area (Å²) in [6.07, 6.45) is 0. The van der Waals surface area contributed by atoms with E-state index in [2.05, 4.69) is 69.5 Å².